The van der Waals surface area contributed by atoms with Crippen molar-refractivity contribution in [3.8, 4) is 5.75 Å². The second-order valence-corrected chi connectivity index (χ2v) is 6.53. The maximum atomic E-state index is 14.0. The third-order valence-electron chi connectivity index (χ3n) is 4.58. The first kappa shape index (κ1) is 18.8. The molecule has 8 heteroatoms. The number of aromatic nitrogens is 1. The van der Waals surface area contributed by atoms with Gasteiger partial charge in [-0.05, 0) is 31.4 Å². The van der Waals surface area contributed by atoms with Crippen LogP contribution in [0.15, 0.2) is 30.5 Å². The molecule has 142 valence electrons. The number of nitrogens with zero attached hydrogens (tertiary/aromatic N) is 2. The topological polar surface area (TPSA) is 82.5 Å². The van der Waals surface area contributed by atoms with Crippen LogP contribution in [0.1, 0.15) is 28.8 Å². The lowest BCUT2D eigenvalue weighted by atomic mass is 9.96. The number of pyridine rings is 1. The number of hydrogen-bond acceptors (Lipinski definition) is 4. The molecule has 6 nitrogen and oxygen atoms in total. The van der Waals surface area contributed by atoms with Gasteiger partial charge in [-0.25, -0.2) is 13.8 Å². The summed E-state index contributed by atoms with van der Waals surface area (Å²) in [6, 6.07) is 4.81. The fourth-order valence-corrected chi connectivity index (χ4v) is 3.14. The molecule has 1 aliphatic rings. The van der Waals surface area contributed by atoms with Crippen LogP contribution in [0.2, 0.25) is 0 Å². The van der Waals surface area contributed by atoms with Crippen molar-refractivity contribution in [1.82, 2.24) is 9.88 Å². The Kier molecular flexibility index (Phi) is 5.34. The van der Waals surface area contributed by atoms with Crippen molar-refractivity contribution >= 4 is 17.6 Å². The van der Waals surface area contributed by atoms with Crippen LogP contribution in [-0.4, -0.2) is 39.9 Å². The Morgan fingerprint density at radius 3 is 2.81 bits per heavy atom. The number of carbonyl (C=O) groups is 2. The van der Waals surface area contributed by atoms with Crippen LogP contribution in [0.4, 0.5) is 14.6 Å². The first-order valence-electron chi connectivity index (χ1n) is 8.56. The van der Waals surface area contributed by atoms with E-state index in [4.69, 9.17) is 0 Å². The average molecular weight is 375 g/mol. The summed E-state index contributed by atoms with van der Waals surface area (Å²) >= 11 is 0. The van der Waals surface area contributed by atoms with Gasteiger partial charge in [0.25, 0.3) is 5.91 Å². The molecule has 1 aliphatic heterocycles. The summed E-state index contributed by atoms with van der Waals surface area (Å²) in [4.78, 5) is 30.5. The lowest BCUT2D eigenvalue weighted by Gasteiger charge is -2.32. The molecule has 1 fully saturated rings. The molecule has 0 bridgehead atoms. The Morgan fingerprint density at radius 2 is 2.11 bits per heavy atom. The lowest BCUT2D eigenvalue weighted by Crippen LogP contribution is -2.44. The molecule has 1 atom stereocenters. The first-order chi connectivity index (χ1) is 12.9. The normalized spacial score (nSPS) is 16.9. The summed E-state index contributed by atoms with van der Waals surface area (Å²) in [6.07, 6.45) is 2.69. The lowest BCUT2D eigenvalue weighted by molar-refractivity contribution is -0.121. The van der Waals surface area contributed by atoms with Gasteiger partial charge in [0.15, 0.2) is 0 Å². The van der Waals surface area contributed by atoms with Crippen molar-refractivity contribution in [3.63, 3.8) is 0 Å². The number of rotatable bonds is 3. The highest BCUT2D eigenvalue weighted by Gasteiger charge is 2.31. The van der Waals surface area contributed by atoms with Crippen molar-refractivity contribution in [2.75, 3.05) is 18.4 Å². The van der Waals surface area contributed by atoms with Crippen LogP contribution in [0, 0.1) is 24.5 Å². The minimum absolute atomic E-state index is 0.0762. The average Bonchev–Trinajstić information content (AvgIpc) is 2.62. The molecule has 1 aromatic carbocycles. The summed E-state index contributed by atoms with van der Waals surface area (Å²) in [5.74, 6) is -3.94. The molecule has 2 aromatic rings. The maximum absolute atomic E-state index is 14.0. The zero-order chi connectivity index (χ0) is 19.6. The molecule has 2 amide bonds. The SMILES string of the molecule is Cc1cccnc1NC(=O)C1CCCN(C(=O)c2c(O)cc(F)cc2F)C1. The molecule has 1 saturated heterocycles. The zero-order valence-electron chi connectivity index (χ0n) is 14.7. The number of carbonyl (C=O) groups excluding carboxylic acids is 2. The summed E-state index contributed by atoms with van der Waals surface area (Å²) in [6.45, 7) is 2.22. The van der Waals surface area contributed by atoms with E-state index in [0.29, 0.717) is 37.3 Å². The van der Waals surface area contributed by atoms with Crippen LogP contribution >= 0.6 is 0 Å². The number of amides is 2. The van der Waals surface area contributed by atoms with Crippen LogP contribution in [-0.2, 0) is 4.79 Å². The fourth-order valence-electron chi connectivity index (χ4n) is 3.14. The van der Waals surface area contributed by atoms with E-state index in [1.807, 2.05) is 13.0 Å². The first-order valence-corrected chi connectivity index (χ1v) is 8.56. The Balaban J connectivity index is 1.73. The van der Waals surface area contributed by atoms with Gasteiger partial charge in [-0.1, -0.05) is 6.07 Å². The summed E-state index contributed by atoms with van der Waals surface area (Å²) in [5, 5.41) is 12.5. The smallest absolute Gasteiger partial charge is 0.260 e. The van der Waals surface area contributed by atoms with Crippen molar-refractivity contribution in [2.24, 2.45) is 5.92 Å². The number of aromatic hydroxyl groups is 1. The van der Waals surface area contributed by atoms with Crippen molar-refractivity contribution < 1.29 is 23.5 Å². The van der Waals surface area contributed by atoms with E-state index in [2.05, 4.69) is 10.3 Å². The van der Waals surface area contributed by atoms with Crippen molar-refractivity contribution in [1.29, 1.82) is 0 Å². The molecule has 1 unspecified atom stereocenters. The van der Waals surface area contributed by atoms with Gasteiger partial charge in [-0.2, -0.15) is 0 Å². The number of hydrogen-bond donors (Lipinski definition) is 2. The minimum atomic E-state index is -1.13. The van der Waals surface area contributed by atoms with Crippen molar-refractivity contribution in [2.45, 2.75) is 19.8 Å². The predicted molar refractivity (Wildman–Crippen MR) is 94.3 cm³/mol. The monoisotopic (exact) mass is 375 g/mol. The van der Waals surface area contributed by atoms with Crippen LogP contribution in [0.5, 0.6) is 5.75 Å². The van der Waals surface area contributed by atoms with Crippen LogP contribution in [0.3, 0.4) is 0 Å². The number of phenols is 1. The van der Waals surface area contributed by atoms with E-state index in [1.165, 1.54) is 4.90 Å². The molecule has 0 radical (unpaired) electrons. The summed E-state index contributed by atoms with van der Waals surface area (Å²) < 4.78 is 27.1. The van der Waals surface area contributed by atoms with E-state index >= 15 is 0 Å². The molecule has 0 saturated carbocycles. The minimum Gasteiger partial charge on any atom is -0.507 e. The van der Waals surface area contributed by atoms with Gasteiger partial charge in [0, 0.05) is 31.4 Å². The number of piperidine rings is 1. The molecule has 2 heterocycles. The van der Waals surface area contributed by atoms with E-state index in [-0.39, 0.29) is 12.5 Å². The van der Waals surface area contributed by atoms with Gasteiger partial charge in [0.2, 0.25) is 5.91 Å². The van der Waals surface area contributed by atoms with Gasteiger partial charge in [-0.3, -0.25) is 9.59 Å². The summed E-state index contributed by atoms with van der Waals surface area (Å²) in [7, 11) is 0. The Hall–Kier alpha value is -3.03. The van der Waals surface area contributed by atoms with E-state index in [1.54, 1.807) is 12.3 Å². The molecule has 3 rings (SSSR count). The van der Waals surface area contributed by atoms with Gasteiger partial charge in [-0.15, -0.1) is 0 Å². The Morgan fingerprint density at radius 1 is 1.33 bits per heavy atom. The maximum Gasteiger partial charge on any atom is 0.260 e. The molecule has 0 aliphatic carbocycles. The second kappa shape index (κ2) is 7.69. The fraction of sp³-hybridized carbons (Fsp3) is 0.316. The van der Waals surface area contributed by atoms with E-state index in [9.17, 15) is 23.5 Å². The van der Waals surface area contributed by atoms with Crippen LogP contribution < -0.4 is 5.32 Å². The molecule has 27 heavy (non-hydrogen) atoms. The molecule has 2 N–H and O–H groups in total. The van der Waals surface area contributed by atoms with E-state index in [0.717, 1.165) is 5.56 Å². The second-order valence-electron chi connectivity index (χ2n) is 6.53. The van der Waals surface area contributed by atoms with Crippen molar-refractivity contribution in [3.05, 3.63) is 53.2 Å². The molecule has 1 aromatic heterocycles. The van der Waals surface area contributed by atoms with Crippen LogP contribution in [0.25, 0.3) is 0 Å². The largest absolute Gasteiger partial charge is 0.507 e. The Bertz CT molecular complexity index is 865. The number of anilines is 1. The van der Waals surface area contributed by atoms with E-state index < -0.39 is 34.8 Å². The van der Waals surface area contributed by atoms with Gasteiger partial charge in [0.1, 0.15) is 28.8 Å². The third kappa shape index (κ3) is 4.05. The number of aryl methyl sites for hydroxylation is 1. The Labute approximate surface area is 154 Å². The number of likely N-dealkylation sites (tertiary alicyclic amines) is 1. The summed E-state index contributed by atoms with van der Waals surface area (Å²) in [5.41, 5.74) is 0.228. The molecular formula is C19H19F2N3O3. The third-order valence-corrected chi connectivity index (χ3v) is 4.58. The number of nitrogens with one attached hydrogen (secondary N) is 1. The zero-order valence-corrected chi connectivity index (χ0v) is 14.7. The van der Waals surface area contributed by atoms with Gasteiger partial charge >= 0.3 is 0 Å². The highest BCUT2D eigenvalue weighted by atomic mass is 19.1. The number of phenolic OH excluding ortho intramolecular Hbond substituents is 1. The predicted octanol–water partition coefficient (Wildman–Crippen LogP) is 2.86. The quantitative estimate of drug-likeness (QED) is 0.864. The molecular weight excluding hydrogens is 356 g/mol. The van der Waals surface area contributed by atoms with Gasteiger partial charge < -0.3 is 15.3 Å². The standard InChI is InChI=1S/C19H19F2N3O3/c1-11-4-2-6-22-17(11)23-18(26)12-5-3-7-24(10-12)19(27)16-14(21)8-13(20)9-15(16)25/h2,4,6,8-9,12,25H,3,5,7,10H2,1H3,(H,22,23,26). The molecule has 0 spiro atoms. The number of benzene rings is 1. The van der Waals surface area contributed by atoms with Gasteiger partial charge in [0.05, 0.1) is 5.92 Å². The highest BCUT2D eigenvalue weighted by Crippen LogP contribution is 2.27. The number of halogens is 2. The highest BCUT2D eigenvalue weighted by molar-refractivity contribution is 5.98.